The molecule has 0 unspecified atom stereocenters. The molecule has 0 aliphatic rings. The quantitative estimate of drug-likeness (QED) is 0.801. The molecule has 84 valence electrons. The Bertz CT molecular complexity index is 296. The summed E-state index contributed by atoms with van der Waals surface area (Å²) in [6.07, 6.45) is 0. The van der Waals surface area contributed by atoms with E-state index in [4.69, 9.17) is 5.11 Å². The van der Waals surface area contributed by atoms with Crippen molar-refractivity contribution in [3.63, 3.8) is 0 Å². The lowest BCUT2D eigenvalue weighted by molar-refractivity contribution is 0.300. The van der Waals surface area contributed by atoms with E-state index in [1.165, 1.54) is 11.3 Å². The van der Waals surface area contributed by atoms with E-state index in [0.29, 0.717) is 12.5 Å². The van der Waals surface area contributed by atoms with Crippen molar-refractivity contribution in [1.29, 1.82) is 0 Å². The Labute approximate surface area is 92.5 Å². The highest BCUT2D eigenvalue weighted by Crippen LogP contribution is 2.16. The van der Waals surface area contributed by atoms with E-state index in [1.54, 1.807) is 0 Å². The first-order chi connectivity index (χ1) is 7.13. The summed E-state index contributed by atoms with van der Waals surface area (Å²) in [6.45, 7) is 8.39. The average Bonchev–Trinajstić information content (AvgIpc) is 2.16. The van der Waals surface area contributed by atoms with Crippen LogP contribution in [-0.4, -0.2) is 24.8 Å². The third kappa shape index (κ3) is 3.92. The van der Waals surface area contributed by atoms with Gasteiger partial charge in [-0.1, -0.05) is 26.0 Å². The Morgan fingerprint density at radius 1 is 1.33 bits per heavy atom. The Morgan fingerprint density at radius 3 is 2.60 bits per heavy atom. The number of aryl methyl sites for hydroxylation is 1. The lowest BCUT2D eigenvalue weighted by Gasteiger charge is -2.26. The lowest BCUT2D eigenvalue weighted by Crippen LogP contribution is -2.30. The van der Waals surface area contributed by atoms with Gasteiger partial charge in [0.2, 0.25) is 0 Å². The molecule has 1 aromatic carbocycles. The van der Waals surface area contributed by atoms with Crippen LogP contribution in [-0.2, 0) is 0 Å². The van der Waals surface area contributed by atoms with Gasteiger partial charge in [-0.25, -0.2) is 0 Å². The van der Waals surface area contributed by atoms with Crippen molar-refractivity contribution in [1.82, 2.24) is 0 Å². The van der Waals surface area contributed by atoms with Gasteiger partial charge in [-0.3, -0.25) is 0 Å². The third-order valence-electron chi connectivity index (χ3n) is 2.32. The van der Waals surface area contributed by atoms with Gasteiger partial charge >= 0.3 is 0 Å². The molecule has 0 fully saturated rings. The summed E-state index contributed by atoms with van der Waals surface area (Å²) in [5.74, 6) is 0.608. The smallest absolute Gasteiger partial charge is 0.0606 e. The topological polar surface area (TPSA) is 23.5 Å². The van der Waals surface area contributed by atoms with Crippen molar-refractivity contribution < 1.29 is 5.11 Å². The number of aliphatic hydroxyl groups excluding tert-OH is 1. The van der Waals surface area contributed by atoms with Gasteiger partial charge in [0.15, 0.2) is 0 Å². The number of anilines is 1. The summed E-state index contributed by atoms with van der Waals surface area (Å²) in [5.41, 5.74) is 2.47. The van der Waals surface area contributed by atoms with Crippen LogP contribution in [0.5, 0.6) is 0 Å². The van der Waals surface area contributed by atoms with Gasteiger partial charge in [-0.15, -0.1) is 0 Å². The maximum absolute atomic E-state index is 9.04. The fourth-order valence-corrected chi connectivity index (χ4v) is 1.71. The minimum absolute atomic E-state index is 0.209. The van der Waals surface area contributed by atoms with Crippen LogP contribution in [0, 0.1) is 12.8 Å². The first kappa shape index (κ1) is 12.1. The van der Waals surface area contributed by atoms with Crippen LogP contribution in [0.2, 0.25) is 0 Å². The Morgan fingerprint density at radius 2 is 2.07 bits per heavy atom. The van der Waals surface area contributed by atoms with Crippen molar-refractivity contribution in [2.24, 2.45) is 5.92 Å². The largest absolute Gasteiger partial charge is 0.395 e. The standard InChI is InChI=1S/C13H21NO/c1-11(2)10-14(7-8-15)13-6-4-5-12(3)9-13/h4-6,9,11,15H,7-8,10H2,1-3H3. The first-order valence-corrected chi connectivity index (χ1v) is 5.56. The number of rotatable bonds is 5. The van der Waals surface area contributed by atoms with Gasteiger partial charge in [-0.05, 0) is 30.5 Å². The summed E-state index contributed by atoms with van der Waals surface area (Å²) < 4.78 is 0. The molecule has 0 spiro atoms. The van der Waals surface area contributed by atoms with Gasteiger partial charge in [0.25, 0.3) is 0 Å². The van der Waals surface area contributed by atoms with Crippen LogP contribution < -0.4 is 4.90 Å². The number of benzene rings is 1. The van der Waals surface area contributed by atoms with E-state index < -0.39 is 0 Å². The third-order valence-corrected chi connectivity index (χ3v) is 2.32. The molecular weight excluding hydrogens is 186 g/mol. The van der Waals surface area contributed by atoms with E-state index in [1.807, 2.05) is 0 Å². The van der Waals surface area contributed by atoms with Crippen LogP contribution in [0.1, 0.15) is 19.4 Å². The molecule has 0 aliphatic carbocycles. The van der Waals surface area contributed by atoms with E-state index in [0.717, 1.165) is 6.54 Å². The summed E-state index contributed by atoms with van der Waals surface area (Å²) in [4.78, 5) is 2.23. The molecule has 2 heteroatoms. The van der Waals surface area contributed by atoms with Gasteiger partial charge < -0.3 is 10.0 Å². The minimum atomic E-state index is 0.209. The SMILES string of the molecule is Cc1cccc(N(CCO)CC(C)C)c1. The Balaban J connectivity index is 2.78. The molecule has 0 aromatic heterocycles. The van der Waals surface area contributed by atoms with Crippen molar-refractivity contribution in [2.75, 3.05) is 24.6 Å². The first-order valence-electron chi connectivity index (χ1n) is 5.56. The minimum Gasteiger partial charge on any atom is -0.395 e. The molecule has 0 saturated carbocycles. The molecule has 1 rings (SSSR count). The number of hydrogen-bond donors (Lipinski definition) is 1. The summed E-state index contributed by atoms with van der Waals surface area (Å²) in [5, 5.41) is 9.04. The monoisotopic (exact) mass is 207 g/mol. The molecule has 2 nitrogen and oxygen atoms in total. The van der Waals surface area contributed by atoms with Crippen LogP contribution in [0.4, 0.5) is 5.69 Å². The maximum atomic E-state index is 9.04. The van der Waals surface area contributed by atoms with Gasteiger partial charge in [0.1, 0.15) is 0 Å². The fourth-order valence-electron chi connectivity index (χ4n) is 1.71. The zero-order valence-electron chi connectivity index (χ0n) is 9.90. The molecule has 0 atom stereocenters. The molecule has 0 radical (unpaired) electrons. The molecule has 0 amide bonds. The van der Waals surface area contributed by atoms with E-state index >= 15 is 0 Å². The van der Waals surface area contributed by atoms with Gasteiger partial charge in [0, 0.05) is 18.8 Å². The zero-order chi connectivity index (χ0) is 11.3. The van der Waals surface area contributed by atoms with Crippen molar-refractivity contribution >= 4 is 5.69 Å². The van der Waals surface area contributed by atoms with E-state index in [2.05, 4.69) is 49.9 Å². The zero-order valence-corrected chi connectivity index (χ0v) is 9.90. The Kier molecular flexibility index (Phi) is 4.63. The molecule has 0 aliphatic heterocycles. The van der Waals surface area contributed by atoms with Crippen LogP contribution in [0.15, 0.2) is 24.3 Å². The van der Waals surface area contributed by atoms with E-state index in [9.17, 15) is 0 Å². The summed E-state index contributed by atoms with van der Waals surface area (Å²) in [7, 11) is 0. The highest BCUT2D eigenvalue weighted by atomic mass is 16.3. The molecule has 15 heavy (non-hydrogen) atoms. The van der Waals surface area contributed by atoms with Crippen molar-refractivity contribution in [3.05, 3.63) is 29.8 Å². The van der Waals surface area contributed by atoms with Crippen LogP contribution in [0.25, 0.3) is 0 Å². The number of nitrogens with zero attached hydrogens (tertiary/aromatic N) is 1. The van der Waals surface area contributed by atoms with Crippen molar-refractivity contribution in [2.45, 2.75) is 20.8 Å². The number of hydrogen-bond acceptors (Lipinski definition) is 2. The summed E-state index contributed by atoms with van der Waals surface area (Å²) in [6, 6.07) is 8.43. The number of aliphatic hydroxyl groups is 1. The average molecular weight is 207 g/mol. The maximum Gasteiger partial charge on any atom is 0.0606 e. The Hall–Kier alpha value is -1.02. The second-order valence-electron chi connectivity index (χ2n) is 4.40. The predicted octanol–water partition coefficient (Wildman–Crippen LogP) is 2.45. The fraction of sp³-hybridized carbons (Fsp3) is 0.538. The second-order valence-corrected chi connectivity index (χ2v) is 4.40. The normalized spacial score (nSPS) is 10.7. The van der Waals surface area contributed by atoms with Crippen molar-refractivity contribution in [3.8, 4) is 0 Å². The second kappa shape index (κ2) is 5.76. The van der Waals surface area contributed by atoms with E-state index in [-0.39, 0.29) is 6.61 Å². The highest BCUT2D eigenvalue weighted by molar-refractivity contribution is 5.48. The highest BCUT2D eigenvalue weighted by Gasteiger charge is 2.07. The molecule has 0 saturated heterocycles. The van der Waals surface area contributed by atoms with Crippen LogP contribution >= 0.6 is 0 Å². The predicted molar refractivity (Wildman–Crippen MR) is 65.3 cm³/mol. The molecule has 0 bridgehead atoms. The molecule has 1 aromatic rings. The molecule has 1 N–H and O–H groups in total. The lowest BCUT2D eigenvalue weighted by atomic mass is 10.1. The van der Waals surface area contributed by atoms with Gasteiger partial charge in [-0.2, -0.15) is 0 Å². The van der Waals surface area contributed by atoms with Crippen LogP contribution in [0.3, 0.4) is 0 Å². The van der Waals surface area contributed by atoms with Gasteiger partial charge in [0.05, 0.1) is 6.61 Å². The summed E-state index contributed by atoms with van der Waals surface area (Å²) >= 11 is 0. The molecule has 0 heterocycles. The molecular formula is C13H21NO.